The number of carbonyl (C=O) groups is 1. The van der Waals surface area contributed by atoms with Gasteiger partial charge < -0.3 is 5.11 Å². The lowest BCUT2D eigenvalue weighted by Gasteiger charge is -2.12. The summed E-state index contributed by atoms with van der Waals surface area (Å²) in [6.07, 6.45) is -8.35. The molecular formula is C8H3BrF5NO2. The number of alkyl halides is 5. The van der Waals surface area contributed by atoms with Crippen LogP contribution in [0, 0.1) is 0 Å². The fourth-order valence-corrected chi connectivity index (χ4v) is 1.64. The molecule has 0 radical (unpaired) electrons. The minimum atomic E-state index is -5.12. The van der Waals surface area contributed by atoms with Crippen LogP contribution in [0.2, 0.25) is 0 Å². The van der Waals surface area contributed by atoms with Gasteiger partial charge in [-0.1, -0.05) is 0 Å². The van der Waals surface area contributed by atoms with Crippen LogP contribution in [0.1, 0.15) is 28.2 Å². The van der Waals surface area contributed by atoms with E-state index in [1.165, 1.54) is 0 Å². The molecule has 0 fully saturated rings. The number of halogens is 6. The highest BCUT2D eigenvalue weighted by molar-refractivity contribution is 9.10. The van der Waals surface area contributed by atoms with Crippen LogP contribution in [0.25, 0.3) is 0 Å². The SMILES string of the molecule is O=C(O)c1c(Br)cc(C(F)F)nc1C(F)(F)F. The third kappa shape index (κ3) is 2.90. The van der Waals surface area contributed by atoms with E-state index >= 15 is 0 Å². The van der Waals surface area contributed by atoms with Gasteiger partial charge in [0.2, 0.25) is 0 Å². The molecule has 1 aromatic heterocycles. The molecule has 0 unspecified atom stereocenters. The van der Waals surface area contributed by atoms with Crippen LogP contribution in [0.4, 0.5) is 22.0 Å². The molecular weight excluding hydrogens is 317 g/mol. The molecule has 94 valence electrons. The lowest BCUT2D eigenvalue weighted by atomic mass is 10.1. The highest BCUT2D eigenvalue weighted by Crippen LogP contribution is 2.35. The van der Waals surface area contributed by atoms with Crippen molar-refractivity contribution in [3.63, 3.8) is 0 Å². The van der Waals surface area contributed by atoms with E-state index in [4.69, 9.17) is 5.11 Å². The van der Waals surface area contributed by atoms with Crippen molar-refractivity contribution in [1.29, 1.82) is 0 Å². The number of aromatic nitrogens is 1. The number of rotatable bonds is 2. The van der Waals surface area contributed by atoms with Crippen LogP contribution >= 0.6 is 15.9 Å². The molecule has 9 heteroatoms. The number of pyridine rings is 1. The second-order valence-electron chi connectivity index (χ2n) is 2.86. The maximum atomic E-state index is 12.4. The minimum absolute atomic E-state index is 0.545. The van der Waals surface area contributed by atoms with Crippen molar-refractivity contribution >= 4 is 21.9 Å². The maximum absolute atomic E-state index is 12.4. The first-order valence-corrected chi connectivity index (χ1v) is 4.73. The summed E-state index contributed by atoms with van der Waals surface area (Å²) in [7, 11) is 0. The summed E-state index contributed by atoms with van der Waals surface area (Å²) in [6, 6.07) is 0.545. The largest absolute Gasteiger partial charge is 0.478 e. The van der Waals surface area contributed by atoms with Crippen LogP contribution in [0.5, 0.6) is 0 Å². The summed E-state index contributed by atoms with van der Waals surface area (Å²) in [5, 5.41) is 8.58. The monoisotopic (exact) mass is 319 g/mol. The second-order valence-corrected chi connectivity index (χ2v) is 3.71. The first-order valence-electron chi connectivity index (χ1n) is 3.93. The van der Waals surface area contributed by atoms with E-state index < -0.39 is 40.0 Å². The smallest absolute Gasteiger partial charge is 0.434 e. The van der Waals surface area contributed by atoms with Gasteiger partial charge in [0.05, 0.1) is 0 Å². The quantitative estimate of drug-likeness (QED) is 0.849. The van der Waals surface area contributed by atoms with Crippen LogP contribution in [-0.4, -0.2) is 16.1 Å². The van der Waals surface area contributed by atoms with Gasteiger partial charge in [0, 0.05) is 4.47 Å². The molecule has 0 amide bonds. The maximum Gasteiger partial charge on any atom is 0.434 e. The van der Waals surface area contributed by atoms with Crippen LogP contribution in [0.3, 0.4) is 0 Å². The molecule has 0 bridgehead atoms. The third-order valence-electron chi connectivity index (χ3n) is 1.70. The Labute approximate surface area is 99.4 Å². The van der Waals surface area contributed by atoms with Crippen LogP contribution in [0.15, 0.2) is 10.5 Å². The van der Waals surface area contributed by atoms with Gasteiger partial charge in [-0.3, -0.25) is 0 Å². The van der Waals surface area contributed by atoms with Crippen molar-refractivity contribution in [2.45, 2.75) is 12.6 Å². The molecule has 1 aromatic rings. The van der Waals surface area contributed by atoms with E-state index in [1.807, 2.05) is 0 Å². The average molecular weight is 320 g/mol. The van der Waals surface area contributed by atoms with Gasteiger partial charge in [0.1, 0.15) is 11.3 Å². The number of aromatic carboxylic acids is 1. The van der Waals surface area contributed by atoms with E-state index in [1.54, 1.807) is 0 Å². The van der Waals surface area contributed by atoms with Gasteiger partial charge in [-0.05, 0) is 22.0 Å². The number of hydrogen-bond donors (Lipinski definition) is 1. The number of hydrogen-bond acceptors (Lipinski definition) is 2. The summed E-state index contributed by atoms with van der Waals surface area (Å²) >= 11 is 2.51. The molecule has 0 atom stereocenters. The van der Waals surface area contributed by atoms with Gasteiger partial charge in [-0.2, -0.15) is 13.2 Å². The fourth-order valence-electron chi connectivity index (χ4n) is 1.05. The Morgan fingerprint density at radius 2 is 1.94 bits per heavy atom. The Morgan fingerprint density at radius 3 is 2.29 bits per heavy atom. The zero-order valence-electron chi connectivity index (χ0n) is 7.73. The van der Waals surface area contributed by atoms with E-state index in [9.17, 15) is 26.7 Å². The second kappa shape index (κ2) is 4.55. The van der Waals surface area contributed by atoms with Gasteiger partial charge in [-0.25, -0.2) is 18.6 Å². The number of carboxylic acids is 1. The van der Waals surface area contributed by atoms with Crippen LogP contribution < -0.4 is 0 Å². The third-order valence-corrected chi connectivity index (χ3v) is 2.32. The Bertz CT molecular complexity index is 460. The first-order chi connectivity index (χ1) is 7.64. The average Bonchev–Trinajstić information content (AvgIpc) is 2.14. The minimum Gasteiger partial charge on any atom is -0.478 e. The van der Waals surface area contributed by atoms with E-state index in [0.717, 1.165) is 0 Å². The normalized spacial score (nSPS) is 11.9. The molecule has 0 saturated heterocycles. The predicted octanol–water partition coefficient (Wildman–Crippen LogP) is 3.50. The highest BCUT2D eigenvalue weighted by atomic mass is 79.9. The molecule has 0 aromatic carbocycles. The van der Waals surface area contributed by atoms with Crippen molar-refractivity contribution in [2.24, 2.45) is 0 Å². The van der Waals surface area contributed by atoms with Gasteiger partial charge >= 0.3 is 12.1 Å². The van der Waals surface area contributed by atoms with Gasteiger partial charge in [0.25, 0.3) is 6.43 Å². The Balaban J connectivity index is 3.57. The molecule has 0 aliphatic rings. The van der Waals surface area contributed by atoms with Crippen LogP contribution in [-0.2, 0) is 6.18 Å². The molecule has 1 heterocycles. The summed E-state index contributed by atoms with van der Waals surface area (Å²) in [4.78, 5) is 13.3. The Hall–Kier alpha value is -1.25. The molecule has 0 spiro atoms. The molecule has 0 saturated carbocycles. The molecule has 1 N–H and O–H groups in total. The van der Waals surface area contributed by atoms with Gasteiger partial charge in [-0.15, -0.1) is 0 Å². The topological polar surface area (TPSA) is 50.2 Å². The molecule has 17 heavy (non-hydrogen) atoms. The molecule has 3 nitrogen and oxygen atoms in total. The standard InChI is InChI=1S/C8H3BrF5NO2/c9-2-1-3(6(10)11)15-5(8(12,13)14)4(2)7(16)17/h1,6H,(H,16,17). The summed E-state index contributed by atoms with van der Waals surface area (Å²) < 4.78 is 61.2. The zero-order valence-corrected chi connectivity index (χ0v) is 9.31. The van der Waals surface area contributed by atoms with Crippen molar-refractivity contribution in [3.8, 4) is 0 Å². The fraction of sp³-hybridized carbons (Fsp3) is 0.250. The molecule has 0 aliphatic carbocycles. The lowest BCUT2D eigenvalue weighted by molar-refractivity contribution is -0.142. The van der Waals surface area contributed by atoms with Crippen molar-refractivity contribution < 1.29 is 31.9 Å². The van der Waals surface area contributed by atoms with Crippen molar-refractivity contribution in [2.75, 3.05) is 0 Å². The molecule has 1 rings (SSSR count). The van der Waals surface area contributed by atoms with Crippen molar-refractivity contribution in [1.82, 2.24) is 4.98 Å². The molecule has 0 aliphatic heterocycles. The Kier molecular flexibility index (Phi) is 3.70. The summed E-state index contributed by atoms with van der Waals surface area (Å²) in [5.74, 6) is -1.91. The van der Waals surface area contributed by atoms with E-state index in [2.05, 4.69) is 20.9 Å². The number of nitrogens with zero attached hydrogens (tertiary/aromatic N) is 1. The van der Waals surface area contributed by atoms with E-state index in [-0.39, 0.29) is 0 Å². The zero-order chi connectivity index (χ0) is 13.4. The van der Waals surface area contributed by atoms with Crippen molar-refractivity contribution in [3.05, 3.63) is 27.5 Å². The first kappa shape index (κ1) is 13.8. The van der Waals surface area contributed by atoms with E-state index in [0.29, 0.717) is 6.07 Å². The highest BCUT2D eigenvalue weighted by Gasteiger charge is 2.39. The summed E-state index contributed by atoms with van der Waals surface area (Å²) in [6.45, 7) is 0. The Morgan fingerprint density at radius 1 is 1.41 bits per heavy atom. The van der Waals surface area contributed by atoms with Gasteiger partial charge in [0.15, 0.2) is 5.69 Å². The summed E-state index contributed by atoms with van der Waals surface area (Å²) in [5.41, 5.74) is -4.19. The predicted molar refractivity (Wildman–Crippen MR) is 48.9 cm³/mol. The number of carboxylic acid groups (broad SMARTS) is 1. The lowest BCUT2D eigenvalue weighted by Crippen LogP contribution is -2.17.